The SMILES string of the molecule is CC(C)C(C)(CN)NC(=O)c1ccc2[nH]c(=O)c(=O)[nH]c2c1. The van der Waals surface area contributed by atoms with Crippen molar-refractivity contribution in [3.8, 4) is 0 Å². The van der Waals surface area contributed by atoms with Crippen molar-refractivity contribution in [2.75, 3.05) is 6.54 Å². The quantitative estimate of drug-likeness (QED) is 0.608. The summed E-state index contributed by atoms with van der Waals surface area (Å²) in [6.45, 7) is 6.16. The maximum absolute atomic E-state index is 12.4. The standard InChI is InChI=1S/C15H20N4O3/c1-8(2)15(3,7-16)19-12(20)9-4-5-10-11(6-9)18-14(22)13(21)17-10/h4-6,8H,7,16H2,1-3H3,(H,17,21)(H,18,22)(H,19,20). The van der Waals surface area contributed by atoms with Gasteiger partial charge < -0.3 is 21.0 Å². The first-order valence-corrected chi connectivity index (χ1v) is 7.06. The molecule has 22 heavy (non-hydrogen) atoms. The van der Waals surface area contributed by atoms with Crippen LogP contribution in [0.15, 0.2) is 27.8 Å². The van der Waals surface area contributed by atoms with Crippen LogP contribution in [0.1, 0.15) is 31.1 Å². The van der Waals surface area contributed by atoms with E-state index in [9.17, 15) is 14.4 Å². The molecular weight excluding hydrogens is 284 g/mol. The minimum atomic E-state index is -0.751. The van der Waals surface area contributed by atoms with Gasteiger partial charge in [-0.2, -0.15) is 0 Å². The third-order valence-corrected chi connectivity index (χ3v) is 4.08. The molecule has 1 aromatic heterocycles. The smallest absolute Gasteiger partial charge is 0.314 e. The van der Waals surface area contributed by atoms with Gasteiger partial charge in [0.15, 0.2) is 0 Å². The summed E-state index contributed by atoms with van der Waals surface area (Å²) in [5, 5.41) is 2.92. The van der Waals surface area contributed by atoms with Gasteiger partial charge in [0.2, 0.25) is 0 Å². The van der Waals surface area contributed by atoms with Crippen LogP contribution < -0.4 is 22.2 Å². The third kappa shape index (κ3) is 2.94. The van der Waals surface area contributed by atoms with E-state index in [4.69, 9.17) is 5.73 Å². The lowest BCUT2D eigenvalue weighted by Gasteiger charge is -2.33. The number of amides is 1. The molecule has 0 aliphatic heterocycles. The van der Waals surface area contributed by atoms with E-state index >= 15 is 0 Å². The predicted molar refractivity (Wildman–Crippen MR) is 85.0 cm³/mol. The van der Waals surface area contributed by atoms with Gasteiger partial charge in [0.25, 0.3) is 5.91 Å². The number of aromatic nitrogens is 2. The van der Waals surface area contributed by atoms with Crippen molar-refractivity contribution in [3.63, 3.8) is 0 Å². The number of nitrogens with two attached hydrogens (primary N) is 1. The molecule has 1 aromatic carbocycles. The first-order chi connectivity index (χ1) is 10.3. The Morgan fingerprint density at radius 2 is 1.82 bits per heavy atom. The first kappa shape index (κ1) is 16.0. The van der Waals surface area contributed by atoms with Crippen LogP contribution in [0.2, 0.25) is 0 Å². The highest BCUT2D eigenvalue weighted by atomic mass is 16.2. The molecule has 2 aromatic rings. The fourth-order valence-corrected chi connectivity index (χ4v) is 2.02. The molecule has 1 amide bonds. The number of rotatable bonds is 4. The number of carbonyl (C=O) groups is 1. The number of carbonyl (C=O) groups excluding carboxylic acids is 1. The number of hydrogen-bond acceptors (Lipinski definition) is 4. The van der Waals surface area contributed by atoms with Crippen molar-refractivity contribution in [1.82, 2.24) is 15.3 Å². The molecule has 0 saturated carbocycles. The zero-order valence-electron chi connectivity index (χ0n) is 12.8. The molecule has 0 spiro atoms. The Bertz CT molecular complexity index is 821. The van der Waals surface area contributed by atoms with E-state index in [1.807, 2.05) is 20.8 Å². The lowest BCUT2D eigenvalue weighted by molar-refractivity contribution is 0.0883. The second-order valence-electron chi connectivity index (χ2n) is 5.90. The van der Waals surface area contributed by atoms with E-state index in [2.05, 4.69) is 15.3 Å². The Balaban J connectivity index is 2.39. The summed E-state index contributed by atoms with van der Waals surface area (Å²) in [4.78, 5) is 39.9. The van der Waals surface area contributed by atoms with Crippen LogP contribution in [0, 0.1) is 5.92 Å². The summed E-state index contributed by atoms with van der Waals surface area (Å²) < 4.78 is 0. The molecule has 5 N–H and O–H groups in total. The summed E-state index contributed by atoms with van der Waals surface area (Å²) in [7, 11) is 0. The maximum atomic E-state index is 12.4. The number of benzene rings is 1. The molecule has 0 bridgehead atoms. The Hall–Kier alpha value is -2.41. The average Bonchev–Trinajstić information content (AvgIpc) is 2.47. The second kappa shape index (κ2) is 5.76. The van der Waals surface area contributed by atoms with E-state index in [0.29, 0.717) is 23.1 Å². The van der Waals surface area contributed by atoms with E-state index in [0.717, 1.165) is 0 Å². The Kier molecular flexibility index (Phi) is 4.18. The van der Waals surface area contributed by atoms with Crippen molar-refractivity contribution in [3.05, 3.63) is 44.5 Å². The molecule has 0 aliphatic rings. The lowest BCUT2D eigenvalue weighted by Crippen LogP contribution is -2.55. The van der Waals surface area contributed by atoms with Crippen LogP contribution in [0.3, 0.4) is 0 Å². The zero-order chi connectivity index (χ0) is 16.5. The highest BCUT2D eigenvalue weighted by Gasteiger charge is 2.28. The van der Waals surface area contributed by atoms with Crippen LogP contribution in [0.25, 0.3) is 11.0 Å². The Morgan fingerprint density at radius 1 is 1.23 bits per heavy atom. The summed E-state index contributed by atoms with van der Waals surface area (Å²) in [5.74, 6) is -0.117. The highest BCUT2D eigenvalue weighted by molar-refractivity contribution is 5.97. The molecule has 1 heterocycles. The first-order valence-electron chi connectivity index (χ1n) is 7.06. The van der Waals surface area contributed by atoms with Gasteiger partial charge in [0, 0.05) is 12.1 Å². The number of H-pyrrole nitrogens is 2. The molecule has 7 heteroatoms. The molecule has 0 radical (unpaired) electrons. The number of nitrogens with one attached hydrogen (secondary N) is 3. The normalized spacial score (nSPS) is 14.0. The van der Waals surface area contributed by atoms with Gasteiger partial charge in [-0.25, -0.2) is 0 Å². The van der Waals surface area contributed by atoms with Gasteiger partial charge in [-0.3, -0.25) is 14.4 Å². The molecule has 7 nitrogen and oxygen atoms in total. The van der Waals surface area contributed by atoms with Crippen LogP contribution in [-0.4, -0.2) is 28.0 Å². The van der Waals surface area contributed by atoms with Gasteiger partial charge >= 0.3 is 11.1 Å². The van der Waals surface area contributed by atoms with Gasteiger partial charge in [-0.15, -0.1) is 0 Å². The third-order valence-electron chi connectivity index (χ3n) is 4.08. The van der Waals surface area contributed by atoms with Crippen LogP contribution in [0.4, 0.5) is 0 Å². The maximum Gasteiger partial charge on any atom is 0.314 e. The molecule has 1 atom stereocenters. The van der Waals surface area contributed by atoms with Crippen molar-refractivity contribution in [1.29, 1.82) is 0 Å². The molecule has 0 aliphatic carbocycles. The molecule has 0 fully saturated rings. The number of hydrogen-bond donors (Lipinski definition) is 4. The molecule has 0 saturated heterocycles. The summed E-state index contributed by atoms with van der Waals surface area (Å²) in [6, 6.07) is 4.69. The fourth-order valence-electron chi connectivity index (χ4n) is 2.02. The summed E-state index contributed by atoms with van der Waals surface area (Å²) >= 11 is 0. The molecule has 118 valence electrons. The predicted octanol–water partition coefficient (Wildman–Crippen LogP) is 0.320. The minimum absolute atomic E-state index is 0.165. The second-order valence-corrected chi connectivity index (χ2v) is 5.90. The largest absolute Gasteiger partial charge is 0.345 e. The van der Waals surface area contributed by atoms with Crippen molar-refractivity contribution in [2.45, 2.75) is 26.3 Å². The highest BCUT2D eigenvalue weighted by Crippen LogP contribution is 2.16. The topological polar surface area (TPSA) is 121 Å². The molecular formula is C15H20N4O3. The van der Waals surface area contributed by atoms with E-state index in [1.165, 1.54) is 6.07 Å². The van der Waals surface area contributed by atoms with Crippen molar-refractivity contribution < 1.29 is 4.79 Å². The van der Waals surface area contributed by atoms with Gasteiger partial charge in [-0.1, -0.05) is 13.8 Å². The van der Waals surface area contributed by atoms with Gasteiger partial charge in [0.05, 0.1) is 16.6 Å². The van der Waals surface area contributed by atoms with Crippen molar-refractivity contribution >= 4 is 16.9 Å². The minimum Gasteiger partial charge on any atom is -0.345 e. The molecule has 1 unspecified atom stereocenters. The fraction of sp³-hybridized carbons (Fsp3) is 0.400. The van der Waals surface area contributed by atoms with E-state index in [1.54, 1.807) is 12.1 Å². The molecule has 2 rings (SSSR count). The monoisotopic (exact) mass is 304 g/mol. The van der Waals surface area contributed by atoms with E-state index in [-0.39, 0.29) is 11.8 Å². The lowest BCUT2D eigenvalue weighted by atomic mass is 9.88. The van der Waals surface area contributed by atoms with Crippen molar-refractivity contribution in [2.24, 2.45) is 11.7 Å². The average molecular weight is 304 g/mol. The van der Waals surface area contributed by atoms with Crippen LogP contribution in [0.5, 0.6) is 0 Å². The number of fused-ring (bicyclic) bond motifs is 1. The van der Waals surface area contributed by atoms with Crippen LogP contribution >= 0.6 is 0 Å². The summed E-state index contributed by atoms with van der Waals surface area (Å²) in [5.41, 5.74) is 5.01. The van der Waals surface area contributed by atoms with Gasteiger partial charge in [0.1, 0.15) is 0 Å². The Labute approximate surface area is 126 Å². The van der Waals surface area contributed by atoms with Crippen LogP contribution in [-0.2, 0) is 0 Å². The van der Waals surface area contributed by atoms with Gasteiger partial charge in [-0.05, 0) is 31.0 Å². The summed E-state index contributed by atoms with van der Waals surface area (Å²) in [6.07, 6.45) is 0. The Morgan fingerprint density at radius 3 is 2.36 bits per heavy atom. The zero-order valence-corrected chi connectivity index (χ0v) is 12.8. The number of aromatic amines is 2. The van der Waals surface area contributed by atoms with E-state index < -0.39 is 16.7 Å².